The largest absolute Gasteiger partial charge is 0.484 e. The summed E-state index contributed by atoms with van der Waals surface area (Å²) in [6.45, 7) is 4.15. The number of hydrogen-bond donors (Lipinski definition) is 1. The monoisotopic (exact) mass is 450 g/mol. The molecule has 0 aliphatic carbocycles. The average molecular weight is 451 g/mol. The molecular formula is C21H24BrFN2O3. The molecule has 2 amide bonds. The second-order valence-corrected chi connectivity index (χ2v) is 7.13. The molecule has 0 aliphatic rings. The minimum atomic E-state index is -0.633. The van der Waals surface area contributed by atoms with E-state index in [9.17, 15) is 14.0 Å². The Labute approximate surface area is 173 Å². The fourth-order valence-corrected chi connectivity index (χ4v) is 3.02. The lowest BCUT2D eigenvalue weighted by Crippen LogP contribution is -2.50. The summed E-state index contributed by atoms with van der Waals surface area (Å²) in [5.41, 5.74) is 0.737. The van der Waals surface area contributed by atoms with Gasteiger partial charge in [0.1, 0.15) is 17.6 Å². The van der Waals surface area contributed by atoms with Crippen LogP contribution in [-0.2, 0) is 16.1 Å². The van der Waals surface area contributed by atoms with Crippen LogP contribution in [0.15, 0.2) is 53.0 Å². The van der Waals surface area contributed by atoms with Crippen molar-refractivity contribution in [2.24, 2.45) is 0 Å². The summed E-state index contributed by atoms with van der Waals surface area (Å²) in [5.74, 6) is -0.324. The van der Waals surface area contributed by atoms with Gasteiger partial charge in [0.15, 0.2) is 6.61 Å². The van der Waals surface area contributed by atoms with Gasteiger partial charge in [0.25, 0.3) is 5.91 Å². The lowest BCUT2D eigenvalue weighted by molar-refractivity contribution is -0.142. The van der Waals surface area contributed by atoms with E-state index in [4.69, 9.17) is 4.74 Å². The second kappa shape index (κ2) is 10.8. The molecular weight excluding hydrogens is 427 g/mol. The molecule has 0 radical (unpaired) electrons. The fourth-order valence-electron chi connectivity index (χ4n) is 2.76. The normalized spacial score (nSPS) is 11.6. The first-order valence-electron chi connectivity index (χ1n) is 9.14. The highest BCUT2D eigenvalue weighted by molar-refractivity contribution is 9.10. The Balaban J connectivity index is 2.16. The third-order valence-electron chi connectivity index (χ3n) is 4.18. The van der Waals surface area contributed by atoms with Crippen LogP contribution in [0.5, 0.6) is 5.75 Å². The quantitative estimate of drug-likeness (QED) is 0.629. The van der Waals surface area contributed by atoms with Gasteiger partial charge < -0.3 is 15.0 Å². The van der Waals surface area contributed by atoms with Crippen molar-refractivity contribution in [2.45, 2.75) is 32.9 Å². The number of hydrogen-bond acceptors (Lipinski definition) is 3. The van der Waals surface area contributed by atoms with Crippen molar-refractivity contribution in [3.8, 4) is 5.75 Å². The summed E-state index contributed by atoms with van der Waals surface area (Å²) >= 11 is 3.35. The Hall–Kier alpha value is -2.41. The number of likely N-dealkylation sites (N-methyl/N-ethyl adjacent to an activating group) is 1. The van der Waals surface area contributed by atoms with Crippen molar-refractivity contribution in [3.63, 3.8) is 0 Å². The highest BCUT2D eigenvalue weighted by atomic mass is 79.9. The SMILES string of the molecule is CCNC(=O)[C@H](CC)N(Cc1ccc(F)cc1)C(=O)COc1ccc(Br)cc1. The summed E-state index contributed by atoms with van der Waals surface area (Å²) < 4.78 is 19.7. The molecule has 0 saturated heterocycles. The van der Waals surface area contributed by atoms with Crippen LogP contribution in [-0.4, -0.2) is 35.9 Å². The molecule has 0 spiro atoms. The third-order valence-corrected chi connectivity index (χ3v) is 4.71. The summed E-state index contributed by atoms with van der Waals surface area (Å²) in [6, 6.07) is 12.4. The van der Waals surface area contributed by atoms with Crippen LogP contribution >= 0.6 is 15.9 Å². The van der Waals surface area contributed by atoms with Crippen LogP contribution in [0.25, 0.3) is 0 Å². The number of rotatable bonds is 9. The zero-order valence-corrected chi connectivity index (χ0v) is 17.5. The first-order valence-corrected chi connectivity index (χ1v) is 9.93. The molecule has 150 valence electrons. The van der Waals surface area contributed by atoms with Gasteiger partial charge in [-0.05, 0) is 55.3 Å². The number of nitrogens with zero attached hydrogens (tertiary/aromatic N) is 1. The minimum absolute atomic E-state index is 0.193. The number of ether oxygens (including phenoxy) is 1. The van der Waals surface area contributed by atoms with Crippen molar-refractivity contribution in [1.29, 1.82) is 0 Å². The smallest absolute Gasteiger partial charge is 0.261 e. The molecule has 7 heteroatoms. The molecule has 1 atom stereocenters. The van der Waals surface area contributed by atoms with Gasteiger partial charge in [-0.1, -0.05) is 35.0 Å². The van der Waals surface area contributed by atoms with Gasteiger partial charge in [0, 0.05) is 17.6 Å². The van der Waals surface area contributed by atoms with E-state index in [2.05, 4.69) is 21.2 Å². The van der Waals surface area contributed by atoms with Gasteiger partial charge >= 0.3 is 0 Å². The van der Waals surface area contributed by atoms with Gasteiger partial charge in [-0.3, -0.25) is 9.59 Å². The van der Waals surface area contributed by atoms with Gasteiger partial charge in [0.2, 0.25) is 5.91 Å². The van der Waals surface area contributed by atoms with Gasteiger partial charge in [-0.25, -0.2) is 4.39 Å². The average Bonchev–Trinajstić information content (AvgIpc) is 2.69. The standard InChI is InChI=1S/C21H24BrFN2O3/c1-3-19(21(27)24-4-2)25(13-15-5-9-17(23)10-6-15)20(26)14-28-18-11-7-16(22)8-12-18/h5-12,19H,3-4,13-14H2,1-2H3,(H,24,27)/t19-/m0/s1. The van der Waals surface area contributed by atoms with Gasteiger partial charge in [-0.15, -0.1) is 0 Å². The van der Waals surface area contributed by atoms with E-state index >= 15 is 0 Å². The summed E-state index contributed by atoms with van der Waals surface area (Å²) in [7, 11) is 0. The van der Waals surface area contributed by atoms with Crippen molar-refractivity contribution in [2.75, 3.05) is 13.2 Å². The molecule has 0 heterocycles. The maximum Gasteiger partial charge on any atom is 0.261 e. The van der Waals surface area contributed by atoms with Crippen molar-refractivity contribution in [1.82, 2.24) is 10.2 Å². The molecule has 0 aromatic heterocycles. The summed E-state index contributed by atoms with van der Waals surface area (Å²) in [4.78, 5) is 26.8. The van der Waals surface area contributed by atoms with E-state index in [1.165, 1.54) is 17.0 Å². The maximum absolute atomic E-state index is 13.2. The lowest BCUT2D eigenvalue weighted by atomic mass is 10.1. The first-order chi connectivity index (χ1) is 13.4. The molecule has 0 aliphatic heterocycles. The van der Waals surface area contributed by atoms with Gasteiger partial charge in [-0.2, -0.15) is 0 Å². The zero-order valence-electron chi connectivity index (χ0n) is 16.0. The summed E-state index contributed by atoms with van der Waals surface area (Å²) in [6.07, 6.45) is 0.455. The molecule has 1 N–H and O–H groups in total. The fraction of sp³-hybridized carbons (Fsp3) is 0.333. The van der Waals surface area contributed by atoms with Crippen LogP contribution < -0.4 is 10.1 Å². The summed E-state index contributed by atoms with van der Waals surface area (Å²) in [5, 5.41) is 2.77. The lowest BCUT2D eigenvalue weighted by Gasteiger charge is -2.30. The highest BCUT2D eigenvalue weighted by Gasteiger charge is 2.28. The van der Waals surface area contributed by atoms with Crippen LogP contribution in [0.2, 0.25) is 0 Å². The Bertz CT molecular complexity index is 781. The molecule has 28 heavy (non-hydrogen) atoms. The number of amides is 2. The van der Waals surface area contributed by atoms with E-state index in [-0.39, 0.29) is 30.8 Å². The third kappa shape index (κ3) is 6.34. The maximum atomic E-state index is 13.2. The van der Waals surface area contributed by atoms with Crippen molar-refractivity contribution < 1.29 is 18.7 Å². The molecule has 5 nitrogen and oxygen atoms in total. The Kier molecular flexibility index (Phi) is 8.44. The predicted octanol–water partition coefficient (Wildman–Crippen LogP) is 3.91. The molecule has 2 aromatic rings. The van der Waals surface area contributed by atoms with Crippen LogP contribution in [0.1, 0.15) is 25.8 Å². The van der Waals surface area contributed by atoms with Crippen molar-refractivity contribution >= 4 is 27.7 Å². The Morgan fingerprint density at radius 2 is 1.75 bits per heavy atom. The number of benzene rings is 2. The van der Waals surface area contributed by atoms with Crippen LogP contribution in [0.4, 0.5) is 4.39 Å². The zero-order chi connectivity index (χ0) is 20.5. The second-order valence-electron chi connectivity index (χ2n) is 6.21. The predicted molar refractivity (Wildman–Crippen MR) is 109 cm³/mol. The number of halogens is 2. The number of nitrogens with one attached hydrogen (secondary N) is 1. The van der Waals surface area contributed by atoms with E-state index in [0.29, 0.717) is 18.7 Å². The van der Waals surface area contributed by atoms with E-state index < -0.39 is 6.04 Å². The molecule has 0 fully saturated rings. The molecule has 2 rings (SSSR count). The van der Waals surface area contributed by atoms with Crippen LogP contribution in [0.3, 0.4) is 0 Å². The molecule has 2 aromatic carbocycles. The highest BCUT2D eigenvalue weighted by Crippen LogP contribution is 2.17. The number of carbonyl (C=O) groups excluding carboxylic acids is 2. The van der Waals surface area contributed by atoms with Crippen LogP contribution in [0, 0.1) is 5.82 Å². The molecule has 0 unspecified atom stereocenters. The van der Waals surface area contributed by atoms with E-state index in [1.54, 1.807) is 24.3 Å². The number of carbonyl (C=O) groups is 2. The molecule has 0 bridgehead atoms. The van der Waals surface area contributed by atoms with E-state index in [0.717, 1.165) is 10.0 Å². The topological polar surface area (TPSA) is 58.6 Å². The first kappa shape index (κ1) is 21.9. The van der Waals surface area contributed by atoms with E-state index in [1.807, 2.05) is 26.0 Å². The minimum Gasteiger partial charge on any atom is -0.484 e. The Morgan fingerprint density at radius 1 is 1.11 bits per heavy atom. The molecule has 0 saturated carbocycles. The Morgan fingerprint density at radius 3 is 2.32 bits per heavy atom. The van der Waals surface area contributed by atoms with Crippen molar-refractivity contribution in [3.05, 3.63) is 64.4 Å². The van der Waals surface area contributed by atoms with Gasteiger partial charge in [0.05, 0.1) is 0 Å².